The number of para-hydroxylation sites is 1. The number of nitro benzene ring substituents is 1. The van der Waals surface area contributed by atoms with E-state index >= 15 is 0 Å². The smallest absolute Gasteiger partial charge is 0.305 e. The lowest BCUT2D eigenvalue weighted by Gasteiger charge is -2.06. The van der Waals surface area contributed by atoms with Crippen molar-refractivity contribution in [3.63, 3.8) is 0 Å². The van der Waals surface area contributed by atoms with Gasteiger partial charge in [0.2, 0.25) is 0 Å². The fraction of sp³-hybridized carbons (Fsp3) is 0.0588. The number of hydrogen-bond donors (Lipinski definition) is 2. The van der Waals surface area contributed by atoms with E-state index in [1.54, 1.807) is 13.0 Å². The number of rotatable bonds is 3. The van der Waals surface area contributed by atoms with E-state index in [-0.39, 0.29) is 22.6 Å². The third-order valence-electron chi connectivity index (χ3n) is 3.73. The zero-order chi connectivity index (χ0) is 18.8. The fourth-order valence-corrected chi connectivity index (χ4v) is 2.43. The Hall–Kier alpha value is -3.75. The van der Waals surface area contributed by atoms with Crippen LogP contribution in [0.5, 0.6) is 0 Å². The highest BCUT2D eigenvalue weighted by atomic mass is 19.1. The van der Waals surface area contributed by atoms with Crippen LogP contribution in [-0.4, -0.2) is 16.7 Å². The highest BCUT2D eigenvalue weighted by molar-refractivity contribution is 6.01. The predicted octanol–water partition coefficient (Wildman–Crippen LogP) is 2.86. The van der Waals surface area contributed by atoms with E-state index in [0.717, 1.165) is 6.07 Å². The van der Waals surface area contributed by atoms with Gasteiger partial charge >= 0.3 is 5.91 Å². The zero-order valence-electron chi connectivity index (χ0n) is 13.4. The van der Waals surface area contributed by atoms with Gasteiger partial charge in [-0.05, 0) is 19.1 Å². The Morgan fingerprint density at radius 1 is 1.12 bits per heavy atom. The molecular formula is C17H12FN3O5. The summed E-state index contributed by atoms with van der Waals surface area (Å²) in [5.74, 6) is -2.28. The van der Waals surface area contributed by atoms with Crippen molar-refractivity contribution in [3.05, 3.63) is 75.3 Å². The average Bonchev–Trinajstić information content (AvgIpc) is 2.98. The van der Waals surface area contributed by atoms with Crippen molar-refractivity contribution >= 4 is 28.5 Å². The molecule has 3 aromatic rings. The quantitative estimate of drug-likeness (QED) is 0.552. The van der Waals surface area contributed by atoms with Gasteiger partial charge in [-0.1, -0.05) is 18.2 Å². The maximum atomic E-state index is 13.7. The number of nitrogens with zero attached hydrogens (tertiary/aromatic N) is 1. The molecule has 0 aliphatic rings. The molecule has 0 saturated heterocycles. The zero-order valence-corrected chi connectivity index (χ0v) is 13.4. The molecule has 2 amide bonds. The maximum Gasteiger partial charge on any atom is 0.305 e. The summed E-state index contributed by atoms with van der Waals surface area (Å²) in [6.07, 6.45) is 0. The summed E-state index contributed by atoms with van der Waals surface area (Å²) >= 11 is 0. The first kappa shape index (κ1) is 17.1. The number of halogens is 1. The molecule has 3 rings (SSSR count). The Morgan fingerprint density at radius 3 is 2.50 bits per heavy atom. The molecular weight excluding hydrogens is 345 g/mol. The van der Waals surface area contributed by atoms with Gasteiger partial charge in [0.05, 0.1) is 4.92 Å². The monoisotopic (exact) mass is 357 g/mol. The SMILES string of the molecule is Cc1c(C(=O)NNC(=O)c2cccc([N+](=O)[O-])c2)oc2c(F)cccc12. The molecule has 0 bridgehead atoms. The van der Waals surface area contributed by atoms with Crippen LogP contribution in [-0.2, 0) is 0 Å². The Bertz CT molecular complexity index is 1040. The molecule has 1 heterocycles. The Kier molecular flexibility index (Phi) is 4.36. The van der Waals surface area contributed by atoms with Crippen molar-refractivity contribution in [2.24, 2.45) is 0 Å². The van der Waals surface area contributed by atoms with Crippen LogP contribution in [0.4, 0.5) is 10.1 Å². The van der Waals surface area contributed by atoms with E-state index < -0.39 is 22.6 Å². The number of benzene rings is 2. The lowest BCUT2D eigenvalue weighted by Crippen LogP contribution is -2.41. The Labute approximate surface area is 145 Å². The average molecular weight is 357 g/mol. The highest BCUT2D eigenvalue weighted by Crippen LogP contribution is 2.27. The molecule has 0 unspecified atom stereocenters. The number of furan rings is 1. The van der Waals surface area contributed by atoms with Gasteiger partial charge in [-0.3, -0.25) is 30.6 Å². The van der Waals surface area contributed by atoms with Gasteiger partial charge in [0.1, 0.15) is 0 Å². The van der Waals surface area contributed by atoms with E-state index in [1.807, 2.05) is 0 Å². The van der Waals surface area contributed by atoms with Crippen molar-refractivity contribution in [1.82, 2.24) is 10.9 Å². The number of amides is 2. The summed E-state index contributed by atoms with van der Waals surface area (Å²) in [6, 6.07) is 9.32. The molecule has 0 fully saturated rings. The molecule has 9 heteroatoms. The summed E-state index contributed by atoms with van der Waals surface area (Å²) in [4.78, 5) is 34.3. The van der Waals surface area contributed by atoms with Crippen LogP contribution >= 0.6 is 0 Å². The minimum Gasteiger partial charge on any atom is -0.447 e. The topological polar surface area (TPSA) is 114 Å². The number of nitrogens with one attached hydrogen (secondary N) is 2. The van der Waals surface area contributed by atoms with Crippen molar-refractivity contribution in [3.8, 4) is 0 Å². The Morgan fingerprint density at radius 2 is 1.81 bits per heavy atom. The lowest BCUT2D eigenvalue weighted by atomic mass is 10.1. The molecule has 26 heavy (non-hydrogen) atoms. The number of carbonyl (C=O) groups is 2. The second kappa shape index (κ2) is 6.63. The van der Waals surface area contributed by atoms with Gasteiger partial charge < -0.3 is 4.42 Å². The summed E-state index contributed by atoms with van der Waals surface area (Å²) < 4.78 is 19.0. The fourth-order valence-electron chi connectivity index (χ4n) is 2.43. The number of fused-ring (bicyclic) bond motifs is 1. The maximum absolute atomic E-state index is 13.7. The van der Waals surface area contributed by atoms with E-state index in [4.69, 9.17) is 4.42 Å². The number of hydrogen-bond acceptors (Lipinski definition) is 5. The molecule has 0 atom stereocenters. The van der Waals surface area contributed by atoms with Crippen LogP contribution in [0.3, 0.4) is 0 Å². The summed E-state index contributed by atoms with van der Waals surface area (Å²) in [7, 11) is 0. The summed E-state index contributed by atoms with van der Waals surface area (Å²) in [5, 5.41) is 11.2. The Balaban J connectivity index is 1.76. The normalized spacial score (nSPS) is 10.5. The van der Waals surface area contributed by atoms with Gasteiger partial charge in [-0.2, -0.15) is 0 Å². The van der Waals surface area contributed by atoms with Gasteiger partial charge in [0, 0.05) is 28.6 Å². The van der Waals surface area contributed by atoms with E-state index in [2.05, 4.69) is 10.9 Å². The first-order chi connectivity index (χ1) is 12.4. The standard InChI is InChI=1S/C17H12FN3O5/c1-9-12-6-3-7-13(18)15(12)26-14(9)17(23)20-19-16(22)10-4-2-5-11(8-10)21(24)25/h2-8H,1H3,(H,19,22)(H,20,23). The van der Waals surface area contributed by atoms with Crippen LogP contribution in [0.25, 0.3) is 11.0 Å². The number of carbonyl (C=O) groups excluding carboxylic acids is 2. The molecule has 0 radical (unpaired) electrons. The van der Waals surface area contributed by atoms with E-state index in [9.17, 15) is 24.1 Å². The largest absolute Gasteiger partial charge is 0.447 e. The minimum absolute atomic E-state index is 0.00753. The third kappa shape index (κ3) is 3.09. The van der Waals surface area contributed by atoms with Gasteiger partial charge in [-0.25, -0.2) is 4.39 Å². The molecule has 0 aliphatic heterocycles. The molecule has 1 aromatic heterocycles. The molecule has 2 N–H and O–H groups in total. The molecule has 0 saturated carbocycles. The summed E-state index contributed by atoms with van der Waals surface area (Å²) in [6.45, 7) is 1.59. The number of non-ortho nitro benzene ring substituents is 1. The molecule has 132 valence electrons. The van der Waals surface area contributed by atoms with Crippen LogP contribution in [0.1, 0.15) is 26.5 Å². The molecule has 8 nitrogen and oxygen atoms in total. The van der Waals surface area contributed by atoms with Crippen molar-refractivity contribution in [1.29, 1.82) is 0 Å². The third-order valence-corrected chi connectivity index (χ3v) is 3.73. The first-order valence-corrected chi connectivity index (χ1v) is 7.41. The number of hydrazine groups is 1. The van der Waals surface area contributed by atoms with Crippen LogP contribution in [0.15, 0.2) is 46.9 Å². The van der Waals surface area contributed by atoms with Crippen LogP contribution in [0, 0.1) is 22.9 Å². The first-order valence-electron chi connectivity index (χ1n) is 7.41. The predicted molar refractivity (Wildman–Crippen MR) is 88.9 cm³/mol. The van der Waals surface area contributed by atoms with Gasteiger partial charge in [0.15, 0.2) is 17.2 Å². The van der Waals surface area contributed by atoms with Crippen molar-refractivity contribution < 1.29 is 23.3 Å². The molecule has 2 aromatic carbocycles. The molecule has 0 aliphatic carbocycles. The second-order valence-electron chi connectivity index (χ2n) is 5.39. The highest BCUT2D eigenvalue weighted by Gasteiger charge is 2.20. The lowest BCUT2D eigenvalue weighted by molar-refractivity contribution is -0.384. The van der Waals surface area contributed by atoms with Crippen molar-refractivity contribution in [2.45, 2.75) is 6.92 Å². The van der Waals surface area contributed by atoms with Crippen molar-refractivity contribution in [2.75, 3.05) is 0 Å². The van der Waals surface area contributed by atoms with Crippen LogP contribution in [0.2, 0.25) is 0 Å². The van der Waals surface area contributed by atoms with Gasteiger partial charge in [0.25, 0.3) is 11.6 Å². The van der Waals surface area contributed by atoms with Gasteiger partial charge in [-0.15, -0.1) is 0 Å². The van der Waals surface area contributed by atoms with E-state index in [0.29, 0.717) is 10.9 Å². The van der Waals surface area contributed by atoms with Crippen LogP contribution < -0.4 is 10.9 Å². The molecule has 0 spiro atoms. The minimum atomic E-state index is -0.781. The number of nitro groups is 1. The van der Waals surface area contributed by atoms with E-state index in [1.165, 1.54) is 30.3 Å². The number of aryl methyl sites for hydroxylation is 1. The second-order valence-corrected chi connectivity index (χ2v) is 5.39. The summed E-state index contributed by atoms with van der Waals surface area (Å²) in [5.41, 5.74) is 4.38.